The van der Waals surface area contributed by atoms with E-state index in [0.29, 0.717) is 23.8 Å². The Morgan fingerprint density at radius 2 is 1.96 bits per heavy atom. The maximum atomic E-state index is 13.0. The van der Waals surface area contributed by atoms with Crippen molar-refractivity contribution in [2.24, 2.45) is 5.92 Å². The number of nitrogens with one attached hydrogen (secondary N) is 1. The van der Waals surface area contributed by atoms with Gasteiger partial charge in [-0.05, 0) is 42.5 Å². The minimum absolute atomic E-state index is 0.0102. The minimum Gasteiger partial charge on any atom is -0.493 e. The van der Waals surface area contributed by atoms with E-state index in [-0.39, 0.29) is 11.9 Å². The fourth-order valence-electron chi connectivity index (χ4n) is 3.53. The van der Waals surface area contributed by atoms with E-state index in [9.17, 15) is 4.79 Å². The molecule has 1 aliphatic rings. The summed E-state index contributed by atoms with van der Waals surface area (Å²) in [6.45, 7) is 4.73. The van der Waals surface area contributed by atoms with E-state index in [0.717, 1.165) is 17.2 Å². The summed E-state index contributed by atoms with van der Waals surface area (Å²) in [5.41, 5.74) is 0.669. The second kappa shape index (κ2) is 7.03. The van der Waals surface area contributed by atoms with Crippen molar-refractivity contribution in [3.05, 3.63) is 42.0 Å². The molecule has 0 saturated heterocycles. The quantitative estimate of drug-likeness (QED) is 0.899. The third kappa shape index (κ3) is 3.34. The molecular formula is C20H25NO2. The lowest BCUT2D eigenvalue weighted by Crippen LogP contribution is -2.41. The Bertz CT molecular complexity index is 695. The SMILES string of the molecule is CCOc1ccc2ccccc2c1C(=O)N[C@@H]1CCCC[C@H]1C. The average Bonchev–Trinajstić information content (AvgIpc) is 2.57. The van der Waals surface area contributed by atoms with Gasteiger partial charge in [-0.25, -0.2) is 0 Å². The lowest BCUT2D eigenvalue weighted by atomic mass is 9.85. The van der Waals surface area contributed by atoms with Crippen molar-refractivity contribution in [2.75, 3.05) is 6.61 Å². The van der Waals surface area contributed by atoms with Gasteiger partial charge in [0, 0.05) is 6.04 Å². The molecule has 23 heavy (non-hydrogen) atoms. The van der Waals surface area contributed by atoms with Gasteiger partial charge in [0.25, 0.3) is 5.91 Å². The van der Waals surface area contributed by atoms with Crippen LogP contribution in [0.4, 0.5) is 0 Å². The number of carbonyl (C=O) groups is 1. The van der Waals surface area contributed by atoms with E-state index >= 15 is 0 Å². The summed E-state index contributed by atoms with van der Waals surface area (Å²) in [6.07, 6.45) is 4.73. The fourth-order valence-corrected chi connectivity index (χ4v) is 3.53. The van der Waals surface area contributed by atoms with Gasteiger partial charge >= 0.3 is 0 Å². The molecule has 122 valence electrons. The highest BCUT2D eigenvalue weighted by molar-refractivity contribution is 6.09. The third-order valence-corrected chi connectivity index (χ3v) is 4.85. The van der Waals surface area contributed by atoms with Crippen molar-refractivity contribution >= 4 is 16.7 Å². The van der Waals surface area contributed by atoms with Gasteiger partial charge in [-0.15, -0.1) is 0 Å². The average molecular weight is 311 g/mol. The van der Waals surface area contributed by atoms with Crippen LogP contribution in [0.1, 0.15) is 49.9 Å². The molecule has 3 nitrogen and oxygen atoms in total. The van der Waals surface area contributed by atoms with Crippen molar-refractivity contribution in [3.63, 3.8) is 0 Å². The number of fused-ring (bicyclic) bond motifs is 1. The van der Waals surface area contributed by atoms with Crippen LogP contribution >= 0.6 is 0 Å². The standard InChI is InChI=1S/C20H25NO2/c1-3-23-18-13-12-15-9-5-6-10-16(15)19(18)20(22)21-17-11-7-4-8-14(17)2/h5-6,9-10,12-14,17H,3-4,7-8,11H2,1-2H3,(H,21,22)/t14-,17-/m1/s1. The highest BCUT2D eigenvalue weighted by Crippen LogP contribution is 2.30. The van der Waals surface area contributed by atoms with Gasteiger partial charge in [0.15, 0.2) is 0 Å². The lowest BCUT2D eigenvalue weighted by molar-refractivity contribution is 0.0908. The summed E-state index contributed by atoms with van der Waals surface area (Å²) in [5.74, 6) is 1.20. The molecule has 2 aromatic rings. The van der Waals surface area contributed by atoms with Gasteiger partial charge in [-0.3, -0.25) is 4.79 Å². The van der Waals surface area contributed by atoms with Crippen LogP contribution in [-0.2, 0) is 0 Å². The number of ether oxygens (including phenoxy) is 1. The molecule has 0 spiro atoms. The molecule has 0 aromatic heterocycles. The van der Waals surface area contributed by atoms with Crippen LogP contribution in [0, 0.1) is 5.92 Å². The number of amides is 1. The largest absolute Gasteiger partial charge is 0.493 e. The molecule has 3 rings (SSSR count). The second-order valence-electron chi connectivity index (χ2n) is 6.43. The second-order valence-corrected chi connectivity index (χ2v) is 6.43. The zero-order chi connectivity index (χ0) is 16.2. The number of carbonyl (C=O) groups excluding carboxylic acids is 1. The normalized spacial score (nSPS) is 21.1. The summed E-state index contributed by atoms with van der Waals surface area (Å²) in [4.78, 5) is 13.0. The molecule has 1 N–H and O–H groups in total. The van der Waals surface area contributed by atoms with Crippen molar-refractivity contribution in [3.8, 4) is 5.75 Å². The Kier molecular flexibility index (Phi) is 4.85. The van der Waals surface area contributed by atoms with E-state index in [1.807, 2.05) is 43.3 Å². The minimum atomic E-state index is -0.0102. The molecule has 0 aliphatic heterocycles. The van der Waals surface area contributed by atoms with Crippen LogP contribution < -0.4 is 10.1 Å². The highest BCUT2D eigenvalue weighted by Gasteiger charge is 2.25. The van der Waals surface area contributed by atoms with Gasteiger partial charge in [-0.1, -0.05) is 50.1 Å². The first-order valence-electron chi connectivity index (χ1n) is 8.66. The Balaban J connectivity index is 1.95. The molecule has 2 aromatic carbocycles. The summed E-state index contributed by atoms with van der Waals surface area (Å²) < 4.78 is 5.72. The van der Waals surface area contributed by atoms with Gasteiger partial charge in [0.05, 0.1) is 12.2 Å². The van der Waals surface area contributed by atoms with Crippen LogP contribution in [0.5, 0.6) is 5.75 Å². The van der Waals surface area contributed by atoms with Crippen LogP contribution in [0.25, 0.3) is 10.8 Å². The zero-order valence-corrected chi connectivity index (χ0v) is 14.0. The molecule has 0 bridgehead atoms. The van der Waals surface area contributed by atoms with Crippen molar-refractivity contribution in [1.82, 2.24) is 5.32 Å². The fraction of sp³-hybridized carbons (Fsp3) is 0.450. The molecule has 0 unspecified atom stereocenters. The van der Waals surface area contributed by atoms with Gasteiger partial charge < -0.3 is 10.1 Å². The molecule has 2 atom stereocenters. The first-order chi connectivity index (χ1) is 11.2. The van der Waals surface area contributed by atoms with Crippen LogP contribution in [0.2, 0.25) is 0 Å². The predicted molar refractivity (Wildman–Crippen MR) is 94.0 cm³/mol. The van der Waals surface area contributed by atoms with Gasteiger partial charge in [-0.2, -0.15) is 0 Å². The Hall–Kier alpha value is -2.03. The molecule has 1 fully saturated rings. The molecule has 0 radical (unpaired) electrons. The Labute approximate surface area is 138 Å². The molecule has 1 amide bonds. The number of rotatable bonds is 4. The maximum Gasteiger partial charge on any atom is 0.255 e. The third-order valence-electron chi connectivity index (χ3n) is 4.85. The number of hydrogen-bond donors (Lipinski definition) is 1. The summed E-state index contributed by atoms with van der Waals surface area (Å²) >= 11 is 0. The van der Waals surface area contributed by atoms with Crippen molar-refractivity contribution in [1.29, 1.82) is 0 Å². The van der Waals surface area contributed by atoms with Crippen molar-refractivity contribution in [2.45, 2.75) is 45.6 Å². The summed E-state index contributed by atoms with van der Waals surface area (Å²) in [6, 6.07) is 12.2. The summed E-state index contributed by atoms with van der Waals surface area (Å²) in [7, 11) is 0. The number of hydrogen-bond acceptors (Lipinski definition) is 2. The smallest absolute Gasteiger partial charge is 0.255 e. The first-order valence-corrected chi connectivity index (χ1v) is 8.66. The topological polar surface area (TPSA) is 38.3 Å². The molecular weight excluding hydrogens is 286 g/mol. The molecule has 0 heterocycles. The van der Waals surface area contributed by atoms with E-state index < -0.39 is 0 Å². The lowest BCUT2D eigenvalue weighted by Gasteiger charge is -2.29. The Morgan fingerprint density at radius 3 is 2.74 bits per heavy atom. The van der Waals surface area contributed by atoms with Crippen molar-refractivity contribution < 1.29 is 9.53 Å². The first kappa shape index (κ1) is 15.9. The monoisotopic (exact) mass is 311 g/mol. The van der Waals surface area contributed by atoms with Crippen LogP contribution in [-0.4, -0.2) is 18.6 Å². The predicted octanol–water partition coefficient (Wildman–Crippen LogP) is 4.55. The molecule has 1 saturated carbocycles. The highest BCUT2D eigenvalue weighted by atomic mass is 16.5. The van der Waals surface area contributed by atoms with Crippen LogP contribution in [0.3, 0.4) is 0 Å². The van der Waals surface area contributed by atoms with Gasteiger partial charge in [0.1, 0.15) is 5.75 Å². The van der Waals surface area contributed by atoms with E-state index in [2.05, 4.69) is 12.2 Å². The van der Waals surface area contributed by atoms with Crippen LogP contribution in [0.15, 0.2) is 36.4 Å². The van der Waals surface area contributed by atoms with E-state index in [1.165, 1.54) is 19.3 Å². The van der Waals surface area contributed by atoms with Gasteiger partial charge in [0.2, 0.25) is 0 Å². The summed E-state index contributed by atoms with van der Waals surface area (Å²) in [5, 5.41) is 5.28. The molecule has 1 aliphatic carbocycles. The zero-order valence-electron chi connectivity index (χ0n) is 14.0. The number of benzene rings is 2. The van der Waals surface area contributed by atoms with E-state index in [1.54, 1.807) is 0 Å². The van der Waals surface area contributed by atoms with E-state index in [4.69, 9.17) is 4.74 Å². The molecule has 3 heteroatoms. The maximum absolute atomic E-state index is 13.0. The Morgan fingerprint density at radius 1 is 1.17 bits per heavy atom.